The number of para-hydroxylation sites is 1. The molecule has 5 rings (SSSR count). The molecule has 2 aliphatic heterocycles. The van der Waals surface area contributed by atoms with Crippen LogP contribution < -0.4 is 9.47 Å². The topological polar surface area (TPSA) is 67.4 Å². The van der Waals surface area contributed by atoms with Gasteiger partial charge >= 0.3 is 0 Å². The van der Waals surface area contributed by atoms with Crippen molar-refractivity contribution < 1.29 is 14.3 Å². The number of methoxy groups -OCH3 is 1. The van der Waals surface area contributed by atoms with Crippen LogP contribution >= 0.6 is 0 Å². The van der Waals surface area contributed by atoms with E-state index < -0.39 is 0 Å². The second-order valence-electron chi connectivity index (χ2n) is 8.08. The van der Waals surface area contributed by atoms with Crippen molar-refractivity contribution in [1.82, 2.24) is 15.1 Å². The largest absolute Gasteiger partial charge is 0.497 e. The summed E-state index contributed by atoms with van der Waals surface area (Å²) in [5.74, 6) is 1.75. The third-order valence-electron chi connectivity index (χ3n) is 6.28. The Labute approximate surface area is 175 Å². The summed E-state index contributed by atoms with van der Waals surface area (Å²) in [4.78, 5) is 14.9. The van der Waals surface area contributed by atoms with Crippen molar-refractivity contribution in [2.75, 3.05) is 20.2 Å². The van der Waals surface area contributed by atoms with Crippen LogP contribution in [0.4, 0.5) is 0 Å². The number of benzene rings is 2. The predicted octanol–water partition coefficient (Wildman–Crippen LogP) is 4.09. The summed E-state index contributed by atoms with van der Waals surface area (Å²) in [6.45, 7) is 1.38. The van der Waals surface area contributed by atoms with E-state index in [1.165, 1.54) is 5.56 Å². The van der Waals surface area contributed by atoms with Crippen LogP contribution in [0.2, 0.25) is 0 Å². The molecule has 1 amide bonds. The summed E-state index contributed by atoms with van der Waals surface area (Å²) >= 11 is 0. The number of carbonyl (C=O) groups excluding carboxylic acids is 1. The SMILES string of the molecule is COc1cccc(-c2cc(C(=O)N3CCC4(CCc5ccccc5O4)CC3)[nH]n2)c1. The average molecular weight is 403 g/mol. The number of rotatable bonds is 3. The van der Waals surface area contributed by atoms with Gasteiger partial charge < -0.3 is 14.4 Å². The summed E-state index contributed by atoms with van der Waals surface area (Å²) < 4.78 is 11.7. The molecular weight excluding hydrogens is 378 g/mol. The zero-order valence-corrected chi connectivity index (χ0v) is 17.1. The molecule has 6 nitrogen and oxygen atoms in total. The highest BCUT2D eigenvalue weighted by molar-refractivity contribution is 5.93. The molecule has 0 radical (unpaired) electrons. The van der Waals surface area contributed by atoms with E-state index in [2.05, 4.69) is 28.4 Å². The normalized spacial score (nSPS) is 17.3. The zero-order chi connectivity index (χ0) is 20.6. The minimum atomic E-state index is -0.148. The molecule has 1 fully saturated rings. The van der Waals surface area contributed by atoms with Gasteiger partial charge in [-0.25, -0.2) is 0 Å². The van der Waals surface area contributed by atoms with Crippen molar-refractivity contribution in [3.05, 3.63) is 65.9 Å². The van der Waals surface area contributed by atoms with Crippen molar-refractivity contribution in [2.24, 2.45) is 0 Å². The van der Waals surface area contributed by atoms with Gasteiger partial charge in [-0.05, 0) is 42.7 Å². The fraction of sp³-hybridized carbons (Fsp3) is 0.333. The highest BCUT2D eigenvalue weighted by Crippen LogP contribution is 2.39. The third kappa shape index (κ3) is 3.43. The van der Waals surface area contributed by atoms with E-state index in [0.29, 0.717) is 18.8 Å². The van der Waals surface area contributed by atoms with E-state index in [9.17, 15) is 4.79 Å². The lowest BCUT2D eigenvalue weighted by atomic mass is 9.83. The van der Waals surface area contributed by atoms with Crippen LogP contribution in [0.1, 0.15) is 35.3 Å². The molecule has 3 heterocycles. The van der Waals surface area contributed by atoms with Crippen LogP contribution in [0.15, 0.2) is 54.6 Å². The van der Waals surface area contributed by atoms with Crippen molar-refractivity contribution in [3.8, 4) is 22.8 Å². The number of likely N-dealkylation sites (tertiary alicyclic amines) is 1. The molecule has 1 saturated heterocycles. The number of amides is 1. The summed E-state index contributed by atoms with van der Waals surface area (Å²) in [5.41, 5.74) is 3.29. The van der Waals surface area contributed by atoms with Crippen molar-refractivity contribution >= 4 is 5.91 Å². The van der Waals surface area contributed by atoms with Crippen LogP contribution in [0, 0.1) is 0 Å². The Morgan fingerprint density at radius 1 is 1.10 bits per heavy atom. The molecule has 0 atom stereocenters. The number of hydrogen-bond donors (Lipinski definition) is 1. The predicted molar refractivity (Wildman–Crippen MR) is 114 cm³/mol. The first-order chi connectivity index (χ1) is 14.7. The Bertz CT molecular complexity index is 1070. The second kappa shape index (κ2) is 7.52. The number of aromatic amines is 1. The number of nitrogens with zero attached hydrogens (tertiary/aromatic N) is 2. The summed E-state index contributed by atoms with van der Waals surface area (Å²) in [7, 11) is 1.64. The number of nitrogens with one attached hydrogen (secondary N) is 1. The minimum Gasteiger partial charge on any atom is -0.497 e. The number of carbonyl (C=O) groups is 1. The molecule has 1 spiro atoms. The molecule has 3 aromatic rings. The fourth-order valence-corrected chi connectivity index (χ4v) is 4.46. The van der Waals surface area contributed by atoms with Crippen LogP contribution in [-0.4, -0.2) is 46.8 Å². The van der Waals surface area contributed by atoms with Gasteiger partial charge in [-0.15, -0.1) is 0 Å². The number of aromatic nitrogens is 2. The van der Waals surface area contributed by atoms with Gasteiger partial charge in [0.25, 0.3) is 5.91 Å². The number of ether oxygens (including phenoxy) is 2. The molecule has 6 heteroatoms. The maximum absolute atomic E-state index is 13.0. The fourth-order valence-electron chi connectivity index (χ4n) is 4.46. The lowest BCUT2D eigenvalue weighted by Gasteiger charge is -2.44. The monoisotopic (exact) mass is 403 g/mol. The van der Waals surface area contributed by atoms with Gasteiger partial charge in [0.2, 0.25) is 0 Å². The molecule has 1 N–H and O–H groups in total. The molecule has 0 aliphatic carbocycles. The van der Waals surface area contributed by atoms with Gasteiger partial charge in [0.15, 0.2) is 0 Å². The lowest BCUT2D eigenvalue weighted by molar-refractivity contribution is -0.0108. The highest BCUT2D eigenvalue weighted by Gasteiger charge is 2.40. The molecule has 30 heavy (non-hydrogen) atoms. The van der Waals surface area contributed by atoms with Crippen molar-refractivity contribution in [1.29, 1.82) is 0 Å². The zero-order valence-electron chi connectivity index (χ0n) is 17.1. The number of H-pyrrole nitrogens is 1. The standard InChI is InChI=1S/C24H25N3O3/c1-29-19-7-4-6-18(15-19)20-16-21(26-25-20)23(28)27-13-11-24(12-14-27)10-9-17-5-2-3-8-22(17)30-24/h2-8,15-16H,9-14H2,1H3,(H,25,26). The summed E-state index contributed by atoms with van der Waals surface area (Å²) in [5, 5.41) is 7.24. The van der Waals surface area contributed by atoms with Gasteiger partial charge in [0, 0.05) is 31.5 Å². The third-order valence-corrected chi connectivity index (χ3v) is 6.28. The Morgan fingerprint density at radius 2 is 1.93 bits per heavy atom. The first-order valence-corrected chi connectivity index (χ1v) is 10.4. The van der Waals surface area contributed by atoms with Gasteiger partial charge in [-0.1, -0.05) is 30.3 Å². The number of aryl methyl sites for hydroxylation is 1. The smallest absolute Gasteiger partial charge is 0.271 e. The quantitative estimate of drug-likeness (QED) is 0.715. The molecule has 2 aromatic carbocycles. The molecule has 154 valence electrons. The lowest BCUT2D eigenvalue weighted by Crippen LogP contribution is -2.51. The molecule has 0 saturated carbocycles. The molecule has 0 bridgehead atoms. The highest BCUT2D eigenvalue weighted by atomic mass is 16.5. The summed E-state index contributed by atoms with van der Waals surface area (Å²) in [6.07, 6.45) is 3.75. The number of piperidine rings is 1. The van der Waals surface area contributed by atoms with Gasteiger partial charge in [0.05, 0.1) is 12.8 Å². The van der Waals surface area contributed by atoms with Crippen molar-refractivity contribution in [3.63, 3.8) is 0 Å². The van der Waals surface area contributed by atoms with E-state index in [4.69, 9.17) is 9.47 Å². The van der Waals surface area contributed by atoms with Crippen LogP contribution in [0.3, 0.4) is 0 Å². The second-order valence-corrected chi connectivity index (χ2v) is 8.08. The first kappa shape index (κ1) is 18.7. The Kier molecular flexibility index (Phi) is 4.69. The maximum Gasteiger partial charge on any atom is 0.271 e. The van der Waals surface area contributed by atoms with Crippen LogP contribution in [0.5, 0.6) is 11.5 Å². The van der Waals surface area contributed by atoms with Crippen molar-refractivity contribution in [2.45, 2.75) is 31.3 Å². The summed E-state index contributed by atoms with van der Waals surface area (Å²) in [6, 6.07) is 17.8. The molecule has 2 aliphatic rings. The van der Waals surface area contributed by atoms with Gasteiger partial charge in [0.1, 0.15) is 22.8 Å². The molecule has 1 aromatic heterocycles. The van der Waals surface area contributed by atoms with Gasteiger partial charge in [-0.3, -0.25) is 9.89 Å². The first-order valence-electron chi connectivity index (χ1n) is 10.4. The Balaban J connectivity index is 1.26. The van der Waals surface area contributed by atoms with E-state index in [-0.39, 0.29) is 11.5 Å². The Morgan fingerprint density at radius 3 is 2.77 bits per heavy atom. The minimum absolute atomic E-state index is 0.0114. The molecule has 0 unspecified atom stereocenters. The van der Waals surface area contributed by atoms with E-state index in [1.54, 1.807) is 7.11 Å². The van der Waals surface area contributed by atoms with E-state index in [0.717, 1.165) is 48.4 Å². The van der Waals surface area contributed by atoms with Gasteiger partial charge in [-0.2, -0.15) is 5.10 Å². The van der Waals surface area contributed by atoms with Crippen LogP contribution in [0.25, 0.3) is 11.3 Å². The van der Waals surface area contributed by atoms with Crippen LogP contribution in [-0.2, 0) is 6.42 Å². The van der Waals surface area contributed by atoms with E-state index >= 15 is 0 Å². The number of hydrogen-bond acceptors (Lipinski definition) is 4. The average Bonchev–Trinajstić information content (AvgIpc) is 3.29. The number of fused-ring (bicyclic) bond motifs is 1. The van der Waals surface area contributed by atoms with E-state index in [1.807, 2.05) is 41.3 Å². The maximum atomic E-state index is 13.0. The Hall–Kier alpha value is -3.28. The molecular formula is C24H25N3O3.